The topological polar surface area (TPSA) is 116 Å². The number of carbonyl (C=O) groups is 3. The predicted octanol–water partition coefficient (Wildman–Crippen LogP) is 4.35. The first-order valence-corrected chi connectivity index (χ1v) is 12.7. The number of para-hydroxylation sites is 1. The number of rotatable bonds is 10. The van der Waals surface area contributed by atoms with Crippen LogP contribution in [0.2, 0.25) is 0 Å². The highest BCUT2D eigenvalue weighted by atomic mass is 32.1. The second-order valence-corrected chi connectivity index (χ2v) is 8.77. The Hall–Kier alpha value is -3.66. The SMILES string of the molecule is CCOC(=O)Cc1csc(Nc2ccccc2C2C(C(=O)OCC)=C(C)NC(C)=C2C(=O)OCC)n1. The Labute approximate surface area is 214 Å². The van der Waals surface area contributed by atoms with Crippen LogP contribution in [0.4, 0.5) is 10.8 Å². The molecule has 0 aliphatic carbocycles. The lowest BCUT2D eigenvalue weighted by Crippen LogP contribution is -2.32. The Morgan fingerprint density at radius 1 is 0.944 bits per heavy atom. The summed E-state index contributed by atoms with van der Waals surface area (Å²) >= 11 is 1.34. The minimum Gasteiger partial charge on any atom is -0.466 e. The minimum atomic E-state index is -0.730. The van der Waals surface area contributed by atoms with E-state index in [4.69, 9.17) is 14.2 Å². The molecule has 0 bridgehead atoms. The van der Waals surface area contributed by atoms with Crippen LogP contribution in [0.3, 0.4) is 0 Å². The van der Waals surface area contributed by atoms with E-state index in [-0.39, 0.29) is 25.6 Å². The molecule has 2 aromatic rings. The lowest BCUT2D eigenvalue weighted by molar-refractivity contribution is -0.142. The average Bonchev–Trinajstić information content (AvgIpc) is 3.25. The first-order valence-electron chi connectivity index (χ1n) is 11.8. The molecule has 9 nitrogen and oxygen atoms in total. The second-order valence-electron chi connectivity index (χ2n) is 7.91. The summed E-state index contributed by atoms with van der Waals surface area (Å²) in [4.78, 5) is 42.5. The molecule has 1 aromatic carbocycles. The first kappa shape index (κ1) is 26.9. The van der Waals surface area contributed by atoms with Gasteiger partial charge in [-0.05, 0) is 46.2 Å². The zero-order valence-electron chi connectivity index (χ0n) is 21.1. The smallest absolute Gasteiger partial charge is 0.336 e. The van der Waals surface area contributed by atoms with Crippen molar-refractivity contribution in [2.45, 2.75) is 47.0 Å². The average molecular weight is 514 g/mol. The van der Waals surface area contributed by atoms with Gasteiger partial charge in [0, 0.05) is 22.5 Å². The summed E-state index contributed by atoms with van der Waals surface area (Å²) in [5.41, 5.74) is 3.81. The van der Waals surface area contributed by atoms with Crippen molar-refractivity contribution in [2.75, 3.05) is 25.1 Å². The van der Waals surface area contributed by atoms with E-state index in [9.17, 15) is 14.4 Å². The number of thiazole rings is 1. The number of nitrogens with zero attached hydrogens (tertiary/aromatic N) is 1. The van der Waals surface area contributed by atoms with Crippen molar-refractivity contribution in [2.24, 2.45) is 0 Å². The van der Waals surface area contributed by atoms with Gasteiger partial charge in [0.15, 0.2) is 5.13 Å². The van der Waals surface area contributed by atoms with E-state index < -0.39 is 17.9 Å². The molecule has 0 amide bonds. The summed E-state index contributed by atoms with van der Waals surface area (Å²) in [5, 5.41) is 8.78. The van der Waals surface area contributed by atoms with Gasteiger partial charge in [0.2, 0.25) is 0 Å². The molecule has 10 heteroatoms. The Morgan fingerprint density at radius 3 is 2.11 bits per heavy atom. The van der Waals surface area contributed by atoms with Crippen molar-refractivity contribution < 1.29 is 28.6 Å². The largest absolute Gasteiger partial charge is 0.466 e. The van der Waals surface area contributed by atoms with E-state index in [0.29, 0.717) is 51.2 Å². The third-order valence-electron chi connectivity index (χ3n) is 5.45. The molecule has 192 valence electrons. The van der Waals surface area contributed by atoms with Gasteiger partial charge < -0.3 is 24.8 Å². The fourth-order valence-electron chi connectivity index (χ4n) is 4.05. The summed E-state index contributed by atoms with van der Waals surface area (Å²) in [5.74, 6) is -2.10. The molecule has 0 radical (unpaired) electrons. The van der Waals surface area contributed by atoms with Crippen LogP contribution in [0.5, 0.6) is 0 Å². The summed E-state index contributed by atoms with van der Waals surface area (Å²) in [6, 6.07) is 7.39. The number of nitrogens with one attached hydrogen (secondary N) is 2. The van der Waals surface area contributed by atoms with Crippen molar-refractivity contribution in [1.29, 1.82) is 0 Å². The summed E-state index contributed by atoms with van der Waals surface area (Å²) in [6.07, 6.45) is 0.0752. The number of anilines is 2. The first-order chi connectivity index (χ1) is 17.3. The number of carbonyl (C=O) groups excluding carboxylic acids is 3. The van der Waals surface area contributed by atoms with Crippen molar-refractivity contribution in [1.82, 2.24) is 10.3 Å². The normalized spacial score (nSPS) is 13.8. The van der Waals surface area contributed by atoms with Crippen LogP contribution >= 0.6 is 11.3 Å². The van der Waals surface area contributed by atoms with Gasteiger partial charge in [0.05, 0.1) is 49.0 Å². The van der Waals surface area contributed by atoms with Crippen LogP contribution in [0.25, 0.3) is 0 Å². The maximum Gasteiger partial charge on any atom is 0.336 e. The number of esters is 3. The maximum atomic E-state index is 13.1. The number of benzene rings is 1. The molecule has 0 spiro atoms. The van der Waals surface area contributed by atoms with E-state index in [1.165, 1.54) is 11.3 Å². The third-order valence-corrected chi connectivity index (χ3v) is 6.25. The Morgan fingerprint density at radius 2 is 1.53 bits per heavy atom. The summed E-state index contributed by atoms with van der Waals surface area (Å²) < 4.78 is 15.7. The number of dihydropyridines is 1. The van der Waals surface area contributed by atoms with Crippen LogP contribution < -0.4 is 10.6 Å². The molecule has 3 rings (SSSR count). The highest BCUT2D eigenvalue weighted by Gasteiger charge is 2.39. The van der Waals surface area contributed by atoms with Gasteiger partial charge in [-0.3, -0.25) is 4.79 Å². The molecule has 36 heavy (non-hydrogen) atoms. The highest BCUT2D eigenvalue weighted by molar-refractivity contribution is 7.13. The molecule has 2 N–H and O–H groups in total. The molecule has 0 fully saturated rings. The van der Waals surface area contributed by atoms with Crippen molar-refractivity contribution >= 4 is 40.1 Å². The molecular formula is C26H31N3O6S. The highest BCUT2D eigenvalue weighted by Crippen LogP contribution is 2.42. The second kappa shape index (κ2) is 12.3. The number of ether oxygens (including phenoxy) is 3. The van der Waals surface area contributed by atoms with E-state index >= 15 is 0 Å². The van der Waals surface area contributed by atoms with Gasteiger partial charge in [-0.1, -0.05) is 18.2 Å². The Bertz CT molecular complexity index is 1160. The summed E-state index contributed by atoms with van der Waals surface area (Å²) in [6.45, 7) is 9.49. The van der Waals surface area contributed by atoms with Gasteiger partial charge in [0.1, 0.15) is 0 Å². The van der Waals surface area contributed by atoms with E-state index in [0.717, 1.165) is 0 Å². The number of allylic oxidation sites excluding steroid dienone is 2. The van der Waals surface area contributed by atoms with Crippen LogP contribution in [-0.2, 0) is 35.0 Å². The van der Waals surface area contributed by atoms with Crippen molar-refractivity contribution in [3.63, 3.8) is 0 Å². The lowest BCUT2D eigenvalue weighted by atomic mass is 9.79. The van der Waals surface area contributed by atoms with E-state index in [2.05, 4.69) is 15.6 Å². The maximum absolute atomic E-state index is 13.1. The molecule has 0 unspecified atom stereocenters. The zero-order chi connectivity index (χ0) is 26.2. The summed E-state index contributed by atoms with van der Waals surface area (Å²) in [7, 11) is 0. The fourth-order valence-corrected chi connectivity index (χ4v) is 4.77. The van der Waals surface area contributed by atoms with Gasteiger partial charge >= 0.3 is 17.9 Å². The number of aromatic nitrogens is 1. The third kappa shape index (κ3) is 6.12. The molecule has 0 saturated carbocycles. The lowest BCUT2D eigenvalue weighted by Gasteiger charge is -2.31. The molecule has 2 heterocycles. The monoisotopic (exact) mass is 513 g/mol. The minimum absolute atomic E-state index is 0.0752. The molecule has 0 saturated heterocycles. The van der Waals surface area contributed by atoms with Gasteiger partial charge in [-0.15, -0.1) is 11.3 Å². The Kier molecular flexibility index (Phi) is 9.24. The molecule has 1 aliphatic heterocycles. The quantitative estimate of drug-likeness (QED) is 0.353. The number of hydrogen-bond donors (Lipinski definition) is 2. The zero-order valence-corrected chi connectivity index (χ0v) is 21.9. The van der Waals surface area contributed by atoms with E-state index in [1.54, 1.807) is 40.0 Å². The number of hydrogen-bond acceptors (Lipinski definition) is 10. The molecule has 1 aliphatic rings. The molecular weight excluding hydrogens is 482 g/mol. The predicted molar refractivity (Wildman–Crippen MR) is 137 cm³/mol. The van der Waals surface area contributed by atoms with Crippen molar-refractivity contribution in [3.8, 4) is 0 Å². The molecule has 1 aromatic heterocycles. The van der Waals surface area contributed by atoms with Gasteiger partial charge in [0.25, 0.3) is 0 Å². The van der Waals surface area contributed by atoms with Gasteiger partial charge in [-0.25, -0.2) is 14.6 Å². The standard InChI is InChI=1S/C26H31N3O6S/c1-6-33-20(30)13-17-14-36-26(28-17)29-19-12-10-9-11-18(19)23-21(24(31)34-7-2)15(4)27-16(5)22(23)25(32)35-8-3/h9-12,14,23,27H,6-8,13H2,1-5H3,(H,28,29). The van der Waals surface area contributed by atoms with Crippen LogP contribution in [0, 0.1) is 0 Å². The Balaban J connectivity index is 2.05. The fraction of sp³-hybridized carbons (Fsp3) is 0.385. The van der Waals surface area contributed by atoms with Gasteiger partial charge in [-0.2, -0.15) is 0 Å². The van der Waals surface area contributed by atoms with Crippen LogP contribution in [0.15, 0.2) is 52.2 Å². The van der Waals surface area contributed by atoms with E-state index in [1.807, 2.05) is 24.3 Å². The molecule has 0 atom stereocenters. The van der Waals surface area contributed by atoms with Crippen molar-refractivity contribution in [3.05, 3.63) is 63.4 Å². The van der Waals surface area contributed by atoms with Crippen LogP contribution in [-0.4, -0.2) is 42.7 Å². The van der Waals surface area contributed by atoms with Crippen LogP contribution in [0.1, 0.15) is 51.8 Å².